The summed E-state index contributed by atoms with van der Waals surface area (Å²) in [6, 6.07) is 45.4. The highest BCUT2D eigenvalue weighted by molar-refractivity contribution is 6.28. The van der Waals surface area contributed by atoms with Gasteiger partial charge in [0.2, 0.25) is 34.4 Å². The zero-order chi connectivity index (χ0) is 80.6. The smallest absolute Gasteiger partial charge is 0.232 e. The topological polar surface area (TPSA) is 257 Å². The van der Waals surface area contributed by atoms with Crippen LogP contribution in [0.3, 0.4) is 0 Å². The SMILES string of the molecule is COc1cc(C)cc(OC)c1C=O.COc1ccc(CN(Cc2c(OC)cc(C)cc2OC)c2nc(Cl)nc(NC3CCCCC3)n2)cc1.COc1ccc(CN(Cc2c(OC)cc(C)cc2OC)c2nc(Cl)nc(NCc3ccc(OC)c(OC)c3)n2)cc1.COc1ccc(CNCc2c(OC)cc(C)cc2OC)cc1. The first kappa shape index (κ1) is 86.2. The third-order valence-electron chi connectivity index (χ3n) is 18.2. The van der Waals surface area contributed by atoms with E-state index in [1.54, 1.807) is 90.3 Å². The van der Waals surface area contributed by atoms with Crippen molar-refractivity contribution in [3.8, 4) is 74.7 Å². The minimum atomic E-state index is 0.0624. The van der Waals surface area contributed by atoms with Gasteiger partial charge in [-0.05, 0) is 205 Å². The lowest BCUT2D eigenvalue weighted by atomic mass is 9.96. The summed E-state index contributed by atoms with van der Waals surface area (Å²) in [6.45, 7) is 11.7. The normalized spacial score (nSPS) is 11.5. The van der Waals surface area contributed by atoms with Gasteiger partial charge in [0.1, 0.15) is 63.2 Å². The standard InChI is InChI=1S/C30H34ClN5O5.C27H34ClN5O3.C18H23NO3.C10H12O3/c1-19-13-25(39-4)23(26(14-19)40-5)18-36(17-20-7-10-22(37-2)11-8-20)30-34-28(31)33-29(35-30)32-16-21-9-12-24(38-3)27(15-21)41-6;1-18-14-23(35-3)22(24(15-18)36-4)17-33(16-19-10-12-21(34-2)13-11-19)27-31-25(28)30-26(32-27)29-20-8-6-5-7-9-20;1-13-9-17(21-3)16(18(10-13)22-4)12-19-11-14-5-7-15(20-2)8-6-14;1-7-4-9(12-2)8(6-11)10(5-7)13-3/h7-15H,16-18H2,1-6H3,(H,32,33,34,35);10-15,20H,5-9,16-17H2,1-4H3,(H,29,30,31,32);5-10,19H,11-12H2,1-4H3;4-6H,1-3H3. The second-order valence-electron chi connectivity index (χ2n) is 26.0. The Morgan fingerprint density at radius 1 is 0.357 bits per heavy atom. The van der Waals surface area contributed by atoms with Crippen LogP contribution in [0.2, 0.25) is 10.6 Å². The molecule has 596 valence electrons. The molecule has 2 aromatic heterocycles. The molecule has 11 rings (SSSR count). The maximum atomic E-state index is 10.7. The van der Waals surface area contributed by atoms with Gasteiger partial charge in [0, 0.05) is 44.3 Å². The van der Waals surface area contributed by atoms with Gasteiger partial charge in [-0.3, -0.25) is 4.79 Å². The molecule has 3 N–H and O–H groups in total. The van der Waals surface area contributed by atoms with Crippen LogP contribution in [0.15, 0.2) is 140 Å². The maximum Gasteiger partial charge on any atom is 0.232 e. The average molecular weight is 1570 g/mol. The van der Waals surface area contributed by atoms with Crippen molar-refractivity contribution in [2.75, 3.05) is 113 Å². The van der Waals surface area contributed by atoms with Crippen LogP contribution in [-0.4, -0.2) is 135 Å². The molecule has 0 radical (unpaired) electrons. The van der Waals surface area contributed by atoms with Crippen molar-refractivity contribution in [2.24, 2.45) is 0 Å². The predicted octanol–water partition coefficient (Wildman–Crippen LogP) is 16.6. The summed E-state index contributed by atoms with van der Waals surface area (Å²) >= 11 is 12.8. The Balaban J connectivity index is 0.000000201. The first-order chi connectivity index (χ1) is 54.2. The van der Waals surface area contributed by atoms with Gasteiger partial charge in [0.25, 0.3) is 0 Å². The summed E-state index contributed by atoms with van der Waals surface area (Å²) in [5.41, 5.74) is 11.7. The van der Waals surface area contributed by atoms with Crippen LogP contribution >= 0.6 is 23.2 Å². The minimum Gasteiger partial charge on any atom is -0.497 e. The number of ether oxygens (including phenoxy) is 13. The minimum absolute atomic E-state index is 0.0624. The number of nitrogens with zero attached hydrogens (tertiary/aromatic N) is 8. The zero-order valence-corrected chi connectivity index (χ0v) is 68.5. The number of methoxy groups -OCH3 is 13. The number of hydrogen-bond donors (Lipinski definition) is 3. The molecule has 0 atom stereocenters. The third kappa shape index (κ3) is 24.8. The van der Waals surface area contributed by atoms with E-state index in [2.05, 4.69) is 52.9 Å². The number of benzene rings is 8. The van der Waals surface area contributed by atoms with Crippen LogP contribution in [0, 0.1) is 27.7 Å². The molecule has 27 heteroatoms. The fraction of sp³-hybridized carbons (Fsp3) is 0.353. The quantitative estimate of drug-likeness (QED) is 0.0323. The number of aryl methyl sites for hydroxylation is 4. The van der Waals surface area contributed by atoms with Crippen LogP contribution in [0.25, 0.3) is 0 Å². The largest absolute Gasteiger partial charge is 0.497 e. The molecule has 0 unspecified atom stereocenters. The molecular formula is C85H103Cl2N11O14. The van der Waals surface area contributed by atoms with Gasteiger partial charge in [-0.1, -0.05) is 61.7 Å². The lowest BCUT2D eigenvalue weighted by molar-refractivity contribution is 0.111. The highest BCUT2D eigenvalue weighted by Crippen LogP contribution is 2.38. The number of halogens is 2. The van der Waals surface area contributed by atoms with Crippen LogP contribution in [-0.2, 0) is 45.8 Å². The molecule has 2 heterocycles. The Hall–Kier alpha value is -11.4. The molecular weight excluding hydrogens is 1470 g/mol. The number of carbonyl (C=O) groups excluding carboxylic acids is 1. The van der Waals surface area contributed by atoms with Crippen molar-refractivity contribution in [1.29, 1.82) is 0 Å². The van der Waals surface area contributed by atoms with E-state index >= 15 is 0 Å². The molecule has 0 saturated heterocycles. The zero-order valence-electron chi connectivity index (χ0n) is 67.0. The number of nitrogens with one attached hydrogen (secondary N) is 3. The van der Waals surface area contributed by atoms with Crippen LogP contribution in [0.5, 0.6) is 74.7 Å². The van der Waals surface area contributed by atoms with E-state index in [1.807, 2.05) is 148 Å². The Labute approximate surface area is 667 Å². The van der Waals surface area contributed by atoms with Gasteiger partial charge in [0.15, 0.2) is 17.8 Å². The molecule has 10 aromatic rings. The van der Waals surface area contributed by atoms with Crippen molar-refractivity contribution >= 4 is 53.3 Å². The summed E-state index contributed by atoms with van der Waals surface area (Å²) in [7, 11) is 21.2. The number of aromatic nitrogens is 6. The van der Waals surface area contributed by atoms with E-state index in [-0.39, 0.29) is 10.6 Å². The Morgan fingerprint density at radius 3 is 1.10 bits per heavy atom. The molecule has 25 nitrogen and oxygen atoms in total. The number of aldehydes is 1. The van der Waals surface area contributed by atoms with Gasteiger partial charge in [-0.15, -0.1) is 0 Å². The van der Waals surface area contributed by atoms with Crippen molar-refractivity contribution in [2.45, 2.75) is 112 Å². The van der Waals surface area contributed by atoms with Crippen molar-refractivity contribution in [3.63, 3.8) is 0 Å². The molecule has 0 aliphatic heterocycles. The van der Waals surface area contributed by atoms with E-state index in [0.29, 0.717) is 109 Å². The summed E-state index contributed by atoms with van der Waals surface area (Å²) in [6.07, 6.45) is 6.63. The predicted molar refractivity (Wildman–Crippen MR) is 439 cm³/mol. The molecule has 112 heavy (non-hydrogen) atoms. The molecule has 0 bridgehead atoms. The van der Waals surface area contributed by atoms with E-state index < -0.39 is 0 Å². The van der Waals surface area contributed by atoms with E-state index in [9.17, 15) is 4.79 Å². The van der Waals surface area contributed by atoms with Crippen molar-refractivity contribution < 1.29 is 66.4 Å². The number of hydrogen-bond acceptors (Lipinski definition) is 25. The molecule has 8 aromatic carbocycles. The first-order valence-corrected chi connectivity index (χ1v) is 37.0. The van der Waals surface area contributed by atoms with Gasteiger partial charge in [-0.25, -0.2) is 0 Å². The molecule has 1 aliphatic rings. The molecule has 1 aliphatic carbocycles. The van der Waals surface area contributed by atoms with Gasteiger partial charge in [-0.2, -0.15) is 29.9 Å². The summed E-state index contributed by atoms with van der Waals surface area (Å²) in [5.74, 6) is 11.1. The summed E-state index contributed by atoms with van der Waals surface area (Å²) in [4.78, 5) is 41.9. The molecule has 0 amide bonds. The van der Waals surface area contributed by atoms with Crippen LogP contribution < -0.4 is 87.3 Å². The number of carbonyl (C=O) groups is 1. The Kier molecular flexibility index (Phi) is 33.7. The highest BCUT2D eigenvalue weighted by Gasteiger charge is 2.25. The lowest BCUT2D eigenvalue weighted by Gasteiger charge is -2.26. The van der Waals surface area contributed by atoms with E-state index in [0.717, 1.165) is 122 Å². The second kappa shape index (κ2) is 43.8. The van der Waals surface area contributed by atoms with E-state index in [1.165, 1.54) is 39.0 Å². The van der Waals surface area contributed by atoms with Crippen LogP contribution in [0.1, 0.15) is 104 Å². The molecule has 1 fully saturated rings. The lowest BCUT2D eigenvalue weighted by Crippen LogP contribution is -2.27. The average Bonchev–Trinajstić information content (AvgIpc) is 0.799. The Bertz CT molecular complexity index is 4540. The summed E-state index contributed by atoms with van der Waals surface area (Å²) in [5, 5.41) is 10.4. The summed E-state index contributed by atoms with van der Waals surface area (Å²) < 4.78 is 70.5. The first-order valence-electron chi connectivity index (χ1n) is 36.2. The molecule has 1 saturated carbocycles. The third-order valence-corrected chi connectivity index (χ3v) is 18.5. The van der Waals surface area contributed by atoms with Crippen LogP contribution in [0.4, 0.5) is 23.8 Å². The highest BCUT2D eigenvalue weighted by atomic mass is 35.5. The Morgan fingerprint density at radius 2 is 0.714 bits per heavy atom. The van der Waals surface area contributed by atoms with Gasteiger partial charge in [0.05, 0.1) is 122 Å². The van der Waals surface area contributed by atoms with Gasteiger partial charge >= 0.3 is 0 Å². The fourth-order valence-electron chi connectivity index (χ4n) is 12.5. The van der Waals surface area contributed by atoms with E-state index in [4.69, 9.17) is 94.7 Å². The number of anilines is 4. The van der Waals surface area contributed by atoms with Crippen molar-refractivity contribution in [1.82, 2.24) is 35.2 Å². The number of rotatable bonds is 33. The monoisotopic (exact) mass is 1570 g/mol. The van der Waals surface area contributed by atoms with Crippen molar-refractivity contribution in [3.05, 3.63) is 217 Å². The molecule has 0 spiro atoms. The second-order valence-corrected chi connectivity index (χ2v) is 26.7. The fourth-order valence-corrected chi connectivity index (χ4v) is 12.8. The van der Waals surface area contributed by atoms with Gasteiger partial charge < -0.3 is 87.3 Å². The maximum absolute atomic E-state index is 10.7.